The molecule has 0 aromatic heterocycles. The van der Waals surface area contributed by atoms with E-state index in [0.29, 0.717) is 41.8 Å². The maximum Gasteiger partial charge on any atom is 0.225 e. The summed E-state index contributed by atoms with van der Waals surface area (Å²) in [5, 5.41) is 2.62. The summed E-state index contributed by atoms with van der Waals surface area (Å²) in [6.45, 7) is 0.791. The summed E-state index contributed by atoms with van der Waals surface area (Å²) in [6, 6.07) is 9.23. The number of sulfone groups is 1. The third-order valence-corrected chi connectivity index (χ3v) is 5.70. The molecule has 0 spiro atoms. The van der Waals surface area contributed by atoms with Crippen LogP contribution >= 0.6 is 12.4 Å². The highest BCUT2D eigenvalue weighted by Gasteiger charge is 2.20. The molecule has 1 amide bonds. The Bertz CT molecular complexity index is 965. The topological polar surface area (TPSA) is 117 Å². The number of carbonyl (C=O) groups excluding carboxylic acids is 1. The van der Waals surface area contributed by atoms with Crippen LogP contribution in [0, 0.1) is 0 Å². The van der Waals surface area contributed by atoms with E-state index in [1.165, 1.54) is 19.2 Å². The molecule has 0 unspecified atom stereocenters. The molecule has 0 fully saturated rings. The number of rotatable bonds is 6. The van der Waals surface area contributed by atoms with Crippen LogP contribution in [-0.2, 0) is 14.6 Å². The molecule has 152 valence electrons. The Balaban J connectivity index is 0.00000280. The number of ether oxygens (including phenoxy) is 3. The molecule has 3 rings (SSSR count). The largest absolute Gasteiger partial charge is 0.495 e. The van der Waals surface area contributed by atoms with Gasteiger partial charge in [0.2, 0.25) is 5.91 Å². The highest BCUT2D eigenvalue weighted by Crippen LogP contribution is 2.32. The number of hydrogen-bond acceptors (Lipinski definition) is 7. The van der Waals surface area contributed by atoms with Gasteiger partial charge < -0.3 is 25.3 Å². The predicted molar refractivity (Wildman–Crippen MR) is 107 cm³/mol. The summed E-state index contributed by atoms with van der Waals surface area (Å²) in [7, 11) is -2.15. The van der Waals surface area contributed by atoms with Gasteiger partial charge >= 0.3 is 0 Å². The summed E-state index contributed by atoms with van der Waals surface area (Å²) in [6.07, 6.45) is -0.192. The van der Waals surface area contributed by atoms with Gasteiger partial charge in [-0.15, -0.1) is 12.4 Å². The number of anilines is 2. The van der Waals surface area contributed by atoms with Crippen LogP contribution in [-0.4, -0.2) is 40.4 Å². The number of nitrogen functional groups attached to an aromatic ring is 1. The molecule has 10 heteroatoms. The SMILES string of the molecule is COc1ccc(NC(=O)CCS(=O)(=O)c2ccc3c(c2)OCCO3)cc1N.Cl. The van der Waals surface area contributed by atoms with Crippen LogP contribution in [0.5, 0.6) is 17.2 Å². The molecule has 3 N–H and O–H groups in total. The van der Waals surface area contributed by atoms with Crippen LogP contribution in [0.1, 0.15) is 6.42 Å². The quantitative estimate of drug-likeness (QED) is 0.677. The zero-order valence-corrected chi connectivity index (χ0v) is 16.8. The monoisotopic (exact) mass is 428 g/mol. The lowest BCUT2D eigenvalue weighted by Gasteiger charge is -2.18. The van der Waals surface area contributed by atoms with E-state index in [2.05, 4.69) is 5.32 Å². The standard InChI is InChI=1S/C18H20N2O6S.ClH/c1-24-15-4-2-12(10-14(15)19)20-18(21)6-9-27(22,23)13-3-5-16-17(11-13)26-8-7-25-16;/h2-5,10-11H,6-9,19H2,1H3,(H,20,21);1H. The molecule has 0 radical (unpaired) electrons. The third-order valence-electron chi connectivity index (χ3n) is 3.98. The van der Waals surface area contributed by atoms with Gasteiger partial charge in [0.25, 0.3) is 0 Å². The number of hydrogen-bond donors (Lipinski definition) is 2. The van der Waals surface area contributed by atoms with Crippen molar-refractivity contribution in [2.75, 3.05) is 37.1 Å². The molecular weight excluding hydrogens is 408 g/mol. The number of amides is 1. The number of halogens is 1. The first kappa shape index (κ1) is 21.6. The van der Waals surface area contributed by atoms with Crippen LogP contribution in [0.25, 0.3) is 0 Å². The second kappa shape index (κ2) is 9.03. The molecule has 2 aromatic carbocycles. The molecule has 0 saturated carbocycles. The lowest BCUT2D eigenvalue weighted by molar-refractivity contribution is -0.115. The molecule has 28 heavy (non-hydrogen) atoms. The Morgan fingerprint density at radius 3 is 2.54 bits per heavy atom. The summed E-state index contributed by atoms with van der Waals surface area (Å²) >= 11 is 0. The minimum atomic E-state index is -3.64. The van der Waals surface area contributed by atoms with Gasteiger partial charge in [0.1, 0.15) is 19.0 Å². The normalized spacial score (nSPS) is 12.6. The Morgan fingerprint density at radius 2 is 1.86 bits per heavy atom. The van der Waals surface area contributed by atoms with Crippen molar-refractivity contribution in [1.29, 1.82) is 0 Å². The van der Waals surface area contributed by atoms with Crippen molar-refractivity contribution >= 4 is 39.5 Å². The van der Waals surface area contributed by atoms with Gasteiger partial charge in [-0.25, -0.2) is 8.42 Å². The molecule has 8 nitrogen and oxygen atoms in total. The molecular formula is C18H21ClN2O6S. The predicted octanol–water partition coefficient (Wildman–Crippen LogP) is 2.27. The average molecular weight is 429 g/mol. The van der Waals surface area contributed by atoms with Crippen molar-refractivity contribution in [2.45, 2.75) is 11.3 Å². The molecule has 0 aliphatic carbocycles. The van der Waals surface area contributed by atoms with E-state index < -0.39 is 15.7 Å². The van der Waals surface area contributed by atoms with Crippen molar-refractivity contribution in [3.05, 3.63) is 36.4 Å². The Kier molecular flexibility index (Phi) is 6.98. The minimum Gasteiger partial charge on any atom is -0.495 e. The van der Waals surface area contributed by atoms with E-state index in [0.717, 1.165) is 0 Å². The van der Waals surface area contributed by atoms with Gasteiger partial charge in [0.15, 0.2) is 21.3 Å². The maximum absolute atomic E-state index is 12.5. The van der Waals surface area contributed by atoms with Crippen molar-refractivity contribution in [3.63, 3.8) is 0 Å². The van der Waals surface area contributed by atoms with Gasteiger partial charge in [0.05, 0.1) is 23.4 Å². The number of nitrogens with one attached hydrogen (secondary N) is 1. The van der Waals surface area contributed by atoms with E-state index in [1.807, 2.05) is 0 Å². The number of fused-ring (bicyclic) bond motifs is 1. The number of nitrogens with two attached hydrogens (primary N) is 1. The van der Waals surface area contributed by atoms with E-state index in [4.69, 9.17) is 19.9 Å². The zero-order valence-electron chi connectivity index (χ0n) is 15.1. The fraction of sp³-hybridized carbons (Fsp3) is 0.278. The fourth-order valence-electron chi connectivity index (χ4n) is 2.60. The van der Waals surface area contributed by atoms with Crippen LogP contribution in [0.15, 0.2) is 41.3 Å². The van der Waals surface area contributed by atoms with Crippen molar-refractivity contribution in [1.82, 2.24) is 0 Å². The van der Waals surface area contributed by atoms with Gasteiger partial charge in [0, 0.05) is 18.2 Å². The molecule has 0 saturated heterocycles. The van der Waals surface area contributed by atoms with Crippen LogP contribution < -0.4 is 25.3 Å². The van der Waals surface area contributed by atoms with Crippen LogP contribution in [0.2, 0.25) is 0 Å². The maximum atomic E-state index is 12.5. The smallest absolute Gasteiger partial charge is 0.225 e. The molecule has 1 aliphatic heterocycles. The molecule has 1 heterocycles. The van der Waals surface area contributed by atoms with Gasteiger partial charge in [-0.2, -0.15) is 0 Å². The Hall–Kier alpha value is -2.65. The van der Waals surface area contributed by atoms with Gasteiger partial charge in [-0.3, -0.25) is 4.79 Å². The lowest BCUT2D eigenvalue weighted by Crippen LogP contribution is -2.18. The zero-order chi connectivity index (χ0) is 19.4. The highest BCUT2D eigenvalue weighted by molar-refractivity contribution is 7.91. The Labute approximate surface area is 169 Å². The summed E-state index contributed by atoms with van der Waals surface area (Å²) < 4.78 is 40.8. The molecule has 0 bridgehead atoms. The second-order valence-corrected chi connectivity index (χ2v) is 7.99. The van der Waals surface area contributed by atoms with Crippen molar-refractivity contribution in [2.24, 2.45) is 0 Å². The van der Waals surface area contributed by atoms with Crippen molar-refractivity contribution in [3.8, 4) is 17.2 Å². The molecule has 2 aromatic rings. The van der Waals surface area contributed by atoms with E-state index in [-0.39, 0.29) is 29.5 Å². The van der Waals surface area contributed by atoms with E-state index >= 15 is 0 Å². The Morgan fingerprint density at radius 1 is 1.14 bits per heavy atom. The van der Waals surface area contributed by atoms with E-state index in [9.17, 15) is 13.2 Å². The molecule has 1 aliphatic rings. The van der Waals surface area contributed by atoms with E-state index in [1.54, 1.807) is 24.3 Å². The minimum absolute atomic E-state index is 0. The van der Waals surface area contributed by atoms with Crippen LogP contribution in [0.4, 0.5) is 11.4 Å². The number of benzene rings is 2. The number of carbonyl (C=O) groups is 1. The molecule has 0 atom stereocenters. The number of methoxy groups -OCH3 is 1. The first-order valence-electron chi connectivity index (χ1n) is 8.25. The first-order chi connectivity index (χ1) is 12.9. The fourth-order valence-corrected chi connectivity index (χ4v) is 3.85. The lowest BCUT2D eigenvalue weighted by atomic mass is 10.2. The summed E-state index contributed by atoms with van der Waals surface area (Å²) in [5.41, 5.74) is 6.63. The second-order valence-electron chi connectivity index (χ2n) is 5.88. The summed E-state index contributed by atoms with van der Waals surface area (Å²) in [4.78, 5) is 12.2. The van der Waals surface area contributed by atoms with Gasteiger partial charge in [-0.1, -0.05) is 0 Å². The van der Waals surface area contributed by atoms with Gasteiger partial charge in [-0.05, 0) is 30.3 Å². The third kappa shape index (κ3) is 4.99. The average Bonchev–Trinajstić information content (AvgIpc) is 2.66. The summed E-state index contributed by atoms with van der Waals surface area (Å²) in [5.74, 6) is 0.634. The highest BCUT2D eigenvalue weighted by atomic mass is 35.5. The van der Waals surface area contributed by atoms with Crippen molar-refractivity contribution < 1.29 is 27.4 Å². The van der Waals surface area contributed by atoms with Crippen LogP contribution in [0.3, 0.4) is 0 Å². The first-order valence-corrected chi connectivity index (χ1v) is 9.90.